The third-order valence-corrected chi connectivity index (χ3v) is 4.82. The van der Waals surface area contributed by atoms with E-state index >= 15 is 0 Å². The van der Waals surface area contributed by atoms with Gasteiger partial charge in [-0.3, -0.25) is 9.59 Å². The number of carbonyl (C=O) groups is 2. The van der Waals surface area contributed by atoms with Gasteiger partial charge >= 0.3 is 0 Å². The number of benzene rings is 2. The molecular weight excluding hydrogens is 344 g/mol. The summed E-state index contributed by atoms with van der Waals surface area (Å²) in [4.78, 5) is 23.9. The normalized spacial score (nSPS) is 11.6. The summed E-state index contributed by atoms with van der Waals surface area (Å²) in [5, 5.41) is 5.83. The third-order valence-electron chi connectivity index (χ3n) is 3.88. The second-order valence-corrected chi connectivity index (χ2v) is 7.39. The van der Waals surface area contributed by atoms with E-state index in [1.54, 1.807) is 0 Å². The molecule has 0 fully saturated rings. The van der Waals surface area contributed by atoms with E-state index in [0.717, 1.165) is 24.1 Å². The highest BCUT2D eigenvalue weighted by Gasteiger charge is 2.09. The lowest BCUT2D eigenvalue weighted by Crippen LogP contribution is -2.34. The van der Waals surface area contributed by atoms with Gasteiger partial charge in [0.05, 0.1) is 11.5 Å². The van der Waals surface area contributed by atoms with E-state index < -0.39 is 0 Å². The van der Waals surface area contributed by atoms with Crippen LogP contribution >= 0.6 is 11.8 Å². The molecule has 0 spiro atoms. The van der Waals surface area contributed by atoms with Crippen molar-refractivity contribution in [2.24, 2.45) is 0 Å². The van der Waals surface area contributed by atoms with Crippen molar-refractivity contribution >= 4 is 29.3 Å². The smallest absolute Gasteiger partial charge is 0.234 e. The zero-order valence-electron chi connectivity index (χ0n) is 15.3. The Labute approximate surface area is 159 Å². The predicted octanol–water partition coefficient (Wildman–Crippen LogP) is 3.80. The summed E-state index contributed by atoms with van der Waals surface area (Å²) in [6.07, 6.45) is 1.84. The number of amides is 2. The quantitative estimate of drug-likeness (QED) is 0.706. The van der Waals surface area contributed by atoms with Crippen LogP contribution in [-0.4, -0.2) is 29.4 Å². The van der Waals surface area contributed by atoms with Gasteiger partial charge in [-0.05, 0) is 49.9 Å². The van der Waals surface area contributed by atoms with Gasteiger partial charge in [-0.25, -0.2) is 0 Å². The fraction of sp³-hybridized carbons (Fsp3) is 0.333. The van der Waals surface area contributed by atoms with Gasteiger partial charge in [0.2, 0.25) is 11.8 Å². The molecule has 5 heteroatoms. The van der Waals surface area contributed by atoms with Crippen molar-refractivity contribution in [1.82, 2.24) is 5.32 Å². The summed E-state index contributed by atoms with van der Waals surface area (Å²) in [7, 11) is 0. The molecule has 0 aromatic heterocycles. The molecule has 1 atom stereocenters. The van der Waals surface area contributed by atoms with Crippen LogP contribution in [0.25, 0.3) is 0 Å². The molecule has 2 amide bonds. The summed E-state index contributed by atoms with van der Waals surface area (Å²) in [6, 6.07) is 18.0. The molecule has 0 saturated heterocycles. The SMILES string of the molecule is Cc1cccc(NC(=O)CSCC(=O)NC(C)CCc2ccccc2)c1. The largest absolute Gasteiger partial charge is 0.353 e. The molecule has 0 heterocycles. The lowest BCUT2D eigenvalue weighted by atomic mass is 10.1. The van der Waals surface area contributed by atoms with E-state index in [1.165, 1.54) is 17.3 Å². The van der Waals surface area contributed by atoms with Crippen LogP contribution in [0, 0.1) is 6.92 Å². The number of nitrogens with one attached hydrogen (secondary N) is 2. The van der Waals surface area contributed by atoms with Gasteiger partial charge in [-0.15, -0.1) is 11.8 Å². The Morgan fingerprint density at radius 3 is 2.46 bits per heavy atom. The van der Waals surface area contributed by atoms with Crippen molar-refractivity contribution in [2.75, 3.05) is 16.8 Å². The van der Waals surface area contributed by atoms with Gasteiger partial charge in [0, 0.05) is 11.7 Å². The molecule has 26 heavy (non-hydrogen) atoms. The summed E-state index contributed by atoms with van der Waals surface area (Å²) in [6.45, 7) is 3.99. The molecular formula is C21H26N2O2S. The fourth-order valence-electron chi connectivity index (χ4n) is 2.57. The maximum Gasteiger partial charge on any atom is 0.234 e. The molecule has 2 N–H and O–H groups in total. The molecule has 2 aromatic rings. The number of rotatable bonds is 9. The number of hydrogen-bond acceptors (Lipinski definition) is 3. The summed E-state index contributed by atoms with van der Waals surface area (Å²) in [5.41, 5.74) is 3.16. The van der Waals surface area contributed by atoms with Crippen LogP contribution < -0.4 is 10.6 Å². The number of thioether (sulfide) groups is 1. The van der Waals surface area contributed by atoms with E-state index in [2.05, 4.69) is 22.8 Å². The Morgan fingerprint density at radius 2 is 1.73 bits per heavy atom. The molecule has 2 rings (SSSR count). The van der Waals surface area contributed by atoms with Gasteiger partial charge in [0.25, 0.3) is 0 Å². The van der Waals surface area contributed by atoms with Crippen LogP contribution in [0.2, 0.25) is 0 Å². The maximum atomic E-state index is 12.0. The molecule has 1 unspecified atom stereocenters. The Hall–Kier alpha value is -2.27. The summed E-state index contributed by atoms with van der Waals surface area (Å²) in [5.74, 6) is 0.431. The molecule has 0 aliphatic carbocycles. The predicted molar refractivity (Wildman–Crippen MR) is 110 cm³/mol. The molecule has 0 aliphatic heterocycles. The molecule has 0 bridgehead atoms. The van der Waals surface area contributed by atoms with Crippen LogP contribution in [0.4, 0.5) is 5.69 Å². The lowest BCUT2D eigenvalue weighted by molar-refractivity contribution is -0.119. The second-order valence-electron chi connectivity index (χ2n) is 6.40. The number of aryl methyl sites for hydroxylation is 2. The van der Waals surface area contributed by atoms with Crippen molar-refractivity contribution in [1.29, 1.82) is 0 Å². The van der Waals surface area contributed by atoms with Crippen LogP contribution in [0.5, 0.6) is 0 Å². The summed E-state index contributed by atoms with van der Waals surface area (Å²) < 4.78 is 0. The number of anilines is 1. The highest BCUT2D eigenvalue weighted by molar-refractivity contribution is 8.00. The molecule has 4 nitrogen and oxygen atoms in total. The molecule has 0 radical (unpaired) electrons. The molecule has 0 saturated carbocycles. The summed E-state index contributed by atoms with van der Waals surface area (Å²) >= 11 is 1.33. The van der Waals surface area contributed by atoms with Crippen molar-refractivity contribution in [3.63, 3.8) is 0 Å². The number of carbonyl (C=O) groups excluding carboxylic acids is 2. The van der Waals surface area contributed by atoms with Crippen LogP contribution in [0.1, 0.15) is 24.5 Å². The lowest BCUT2D eigenvalue weighted by Gasteiger charge is -2.13. The van der Waals surface area contributed by atoms with E-state index in [4.69, 9.17) is 0 Å². The van der Waals surface area contributed by atoms with Crippen LogP contribution in [0.15, 0.2) is 54.6 Å². The average Bonchev–Trinajstić information content (AvgIpc) is 2.61. The van der Waals surface area contributed by atoms with E-state index in [1.807, 2.05) is 56.3 Å². The van der Waals surface area contributed by atoms with Gasteiger partial charge in [0.1, 0.15) is 0 Å². The van der Waals surface area contributed by atoms with Crippen molar-refractivity contribution < 1.29 is 9.59 Å². The fourth-order valence-corrected chi connectivity index (χ4v) is 3.20. The average molecular weight is 371 g/mol. The van der Waals surface area contributed by atoms with E-state index in [-0.39, 0.29) is 29.4 Å². The second kappa shape index (κ2) is 10.7. The Morgan fingerprint density at radius 1 is 1.00 bits per heavy atom. The third kappa shape index (κ3) is 7.74. The van der Waals surface area contributed by atoms with Gasteiger partial charge in [-0.2, -0.15) is 0 Å². The highest BCUT2D eigenvalue weighted by atomic mass is 32.2. The highest BCUT2D eigenvalue weighted by Crippen LogP contribution is 2.11. The minimum Gasteiger partial charge on any atom is -0.353 e. The van der Waals surface area contributed by atoms with Crippen LogP contribution in [0.3, 0.4) is 0 Å². The monoisotopic (exact) mass is 370 g/mol. The zero-order valence-corrected chi connectivity index (χ0v) is 16.1. The van der Waals surface area contributed by atoms with Gasteiger partial charge in [0.15, 0.2) is 0 Å². The zero-order chi connectivity index (χ0) is 18.8. The minimum atomic E-state index is -0.0921. The van der Waals surface area contributed by atoms with E-state index in [9.17, 15) is 9.59 Å². The first-order valence-corrected chi connectivity index (χ1v) is 9.96. The molecule has 0 aliphatic rings. The molecule has 138 valence electrons. The van der Waals surface area contributed by atoms with Gasteiger partial charge in [-0.1, -0.05) is 42.5 Å². The van der Waals surface area contributed by atoms with Gasteiger partial charge < -0.3 is 10.6 Å². The first kappa shape index (κ1) is 20.0. The maximum absolute atomic E-state index is 12.0. The first-order chi connectivity index (χ1) is 12.5. The van der Waals surface area contributed by atoms with Crippen LogP contribution in [-0.2, 0) is 16.0 Å². The minimum absolute atomic E-state index is 0.0288. The first-order valence-electron chi connectivity index (χ1n) is 8.80. The van der Waals surface area contributed by atoms with Crippen molar-refractivity contribution in [3.8, 4) is 0 Å². The standard InChI is InChI=1S/C21H26N2O2S/c1-16-7-6-10-19(13-16)23-21(25)15-26-14-20(24)22-17(2)11-12-18-8-4-3-5-9-18/h3-10,13,17H,11-12,14-15H2,1-2H3,(H,22,24)(H,23,25). The topological polar surface area (TPSA) is 58.2 Å². The van der Waals surface area contributed by atoms with Crippen molar-refractivity contribution in [2.45, 2.75) is 32.7 Å². The Kier molecular flexibility index (Phi) is 8.22. The Balaban J connectivity index is 1.61. The molecule has 2 aromatic carbocycles. The Bertz CT molecular complexity index is 719. The van der Waals surface area contributed by atoms with Crippen molar-refractivity contribution in [3.05, 3.63) is 65.7 Å². The van der Waals surface area contributed by atoms with E-state index in [0.29, 0.717) is 0 Å². The number of hydrogen-bond donors (Lipinski definition) is 2.